The van der Waals surface area contributed by atoms with Crippen LogP contribution in [-0.4, -0.2) is 22.7 Å². The molecule has 2 atom stereocenters. The van der Waals surface area contributed by atoms with E-state index in [4.69, 9.17) is 4.74 Å². The van der Waals surface area contributed by atoms with Crippen LogP contribution >= 0.6 is 0 Å². The molecule has 0 bridgehead atoms. The Morgan fingerprint density at radius 1 is 1.30 bits per heavy atom. The minimum Gasteiger partial charge on any atom is -0.481 e. The van der Waals surface area contributed by atoms with Crippen LogP contribution in [-0.2, 0) is 4.79 Å². The van der Waals surface area contributed by atoms with Crippen molar-refractivity contribution in [2.45, 2.75) is 59.3 Å². The van der Waals surface area contributed by atoms with Crippen LogP contribution in [0.1, 0.15) is 51.8 Å². The molecule has 112 valence electrons. The van der Waals surface area contributed by atoms with E-state index in [1.165, 1.54) is 0 Å². The third-order valence-electron chi connectivity index (χ3n) is 2.79. The molecule has 0 aliphatic carbocycles. The highest BCUT2D eigenvalue weighted by molar-refractivity contribution is 5.81. The lowest BCUT2D eigenvalue weighted by Crippen LogP contribution is -2.46. The van der Waals surface area contributed by atoms with E-state index < -0.39 is 12.2 Å². The fourth-order valence-electron chi connectivity index (χ4n) is 1.80. The Morgan fingerprint density at radius 3 is 2.40 bits per heavy atom. The maximum Gasteiger partial charge on any atom is 0.261 e. The number of amides is 1. The summed E-state index contributed by atoms with van der Waals surface area (Å²) in [6.07, 6.45) is -1.25. The molecule has 1 rings (SSSR count). The van der Waals surface area contributed by atoms with E-state index in [9.17, 15) is 9.90 Å². The standard InChI is InChI=1S/C16H25NO3/c1-10-7-8-13(11(2)18)14(9-10)20-12(3)15(19)17-16(4,5)6/h7-9,11-12,18H,1-6H3,(H,17,19). The van der Waals surface area contributed by atoms with Crippen molar-refractivity contribution in [3.8, 4) is 5.75 Å². The molecule has 20 heavy (non-hydrogen) atoms. The molecule has 0 saturated carbocycles. The summed E-state index contributed by atoms with van der Waals surface area (Å²) >= 11 is 0. The first-order chi connectivity index (χ1) is 9.10. The number of ether oxygens (including phenoxy) is 1. The molecule has 4 heteroatoms. The lowest BCUT2D eigenvalue weighted by molar-refractivity contribution is -0.128. The summed E-state index contributed by atoms with van der Waals surface area (Å²) in [5.41, 5.74) is 1.41. The molecule has 1 aromatic rings. The zero-order valence-corrected chi connectivity index (χ0v) is 13.2. The van der Waals surface area contributed by atoms with Crippen molar-refractivity contribution in [2.24, 2.45) is 0 Å². The average Bonchev–Trinajstić information content (AvgIpc) is 2.26. The van der Waals surface area contributed by atoms with Gasteiger partial charge in [-0.2, -0.15) is 0 Å². The van der Waals surface area contributed by atoms with Gasteiger partial charge in [0.2, 0.25) is 0 Å². The summed E-state index contributed by atoms with van der Waals surface area (Å²) in [5.74, 6) is 0.382. The normalized spacial score (nSPS) is 14.6. The van der Waals surface area contributed by atoms with Crippen LogP contribution in [0.3, 0.4) is 0 Å². The van der Waals surface area contributed by atoms with E-state index in [0.29, 0.717) is 11.3 Å². The largest absolute Gasteiger partial charge is 0.481 e. The number of aliphatic hydroxyl groups excluding tert-OH is 1. The highest BCUT2D eigenvalue weighted by Crippen LogP contribution is 2.27. The van der Waals surface area contributed by atoms with Gasteiger partial charge in [0.15, 0.2) is 6.10 Å². The topological polar surface area (TPSA) is 58.6 Å². The molecule has 0 saturated heterocycles. The van der Waals surface area contributed by atoms with Gasteiger partial charge in [0, 0.05) is 11.1 Å². The van der Waals surface area contributed by atoms with Crippen molar-refractivity contribution in [2.75, 3.05) is 0 Å². The number of aryl methyl sites for hydroxylation is 1. The number of hydrogen-bond acceptors (Lipinski definition) is 3. The van der Waals surface area contributed by atoms with Crippen LogP contribution in [0.25, 0.3) is 0 Å². The van der Waals surface area contributed by atoms with Crippen LogP contribution in [0.15, 0.2) is 18.2 Å². The van der Waals surface area contributed by atoms with Crippen molar-refractivity contribution in [1.82, 2.24) is 5.32 Å². The number of aliphatic hydroxyl groups is 1. The van der Waals surface area contributed by atoms with E-state index in [2.05, 4.69) is 5.32 Å². The predicted molar refractivity (Wildman–Crippen MR) is 79.8 cm³/mol. The van der Waals surface area contributed by atoms with E-state index in [-0.39, 0.29) is 11.4 Å². The summed E-state index contributed by atoms with van der Waals surface area (Å²) in [5, 5.41) is 12.6. The molecule has 1 amide bonds. The maximum atomic E-state index is 12.0. The summed E-state index contributed by atoms with van der Waals surface area (Å²) in [6, 6.07) is 5.57. The van der Waals surface area contributed by atoms with Crippen LogP contribution in [0.4, 0.5) is 0 Å². The summed E-state index contributed by atoms with van der Waals surface area (Å²) in [4.78, 5) is 12.0. The van der Waals surface area contributed by atoms with Gasteiger partial charge in [-0.25, -0.2) is 0 Å². The van der Waals surface area contributed by atoms with Gasteiger partial charge < -0.3 is 15.2 Å². The third-order valence-corrected chi connectivity index (χ3v) is 2.79. The second-order valence-electron chi connectivity index (χ2n) is 6.22. The molecule has 0 spiro atoms. The Bertz CT molecular complexity index is 475. The summed E-state index contributed by atoms with van der Waals surface area (Å²) < 4.78 is 5.72. The molecule has 4 nitrogen and oxygen atoms in total. The average molecular weight is 279 g/mol. The zero-order valence-electron chi connectivity index (χ0n) is 13.2. The van der Waals surface area contributed by atoms with Crippen LogP contribution in [0.5, 0.6) is 5.75 Å². The highest BCUT2D eigenvalue weighted by atomic mass is 16.5. The van der Waals surface area contributed by atoms with Crippen molar-refractivity contribution in [3.63, 3.8) is 0 Å². The van der Waals surface area contributed by atoms with E-state index in [1.54, 1.807) is 13.8 Å². The second-order valence-corrected chi connectivity index (χ2v) is 6.22. The number of nitrogens with one attached hydrogen (secondary N) is 1. The Labute approximate surface area is 121 Å². The molecule has 2 unspecified atom stereocenters. The number of carbonyl (C=O) groups excluding carboxylic acids is 1. The van der Waals surface area contributed by atoms with Crippen LogP contribution in [0, 0.1) is 6.92 Å². The Hall–Kier alpha value is -1.55. The van der Waals surface area contributed by atoms with E-state index >= 15 is 0 Å². The third kappa shape index (κ3) is 4.85. The number of rotatable bonds is 4. The predicted octanol–water partition coefficient (Wildman–Crippen LogP) is 2.73. The lowest BCUT2D eigenvalue weighted by atomic mass is 10.1. The van der Waals surface area contributed by atoms with Crippen molar-refractivity contribution in [3.05, 3.63) is 29.3 Å². The Kier molecular flexibility index (Phi) is 5.17. The van der Waals surface area contributed by atoms with E-state index in [0.717, 1.165) is 5.56 Å². The first-order valence-corrected chi connectivity index (χ1v) is 6.87. The second kappa shape index (κ2) is 6.27. The van der Waals surface area contributed by atoms with Gasteiger partial charge in [-0.05, 0) is 53.2 Å². The number of hydrogen-bond donors (Lipinski definition) is 2. The van der Waals surface area contributed by atoms with Gasteiger partial charge in [0.1, 0.15) is 5.75 Å². The quantitative estimate of drug-likeness (QED) is 0.891. The number of benzene rings is 1. The Balaban J connectivity index is 2.87. The fourth-order valence-corrected chi connectivity index (χ4v) is 1.80. The van der Waals surface area contributed by atoms with Gasteiger partial charge >= 0.3 is 0 Å². The molecule has 0 aliphatic rings. The summed E-state index contributed by atoms with van der Waals surface area (Å²) in [7, 11) is 0. The molecule has 2 N–H and O–H groups in total. The van der Waals surface area contributed by atoms with Gasteiger partial charge in [-0.3, -0.25) is 4.79 Å². The molecule has 1 aromatic carbocycles. The van der Waals surface area contributed by atoms with Crippen molar-refractivity contribution < 1.29 is 14.6 Å². The molecule has 0 radical (unpaired) electrons. The van der Waals surface area contributed by atoms with Gasteiger partial charge in [0.25, 0.3) is 5.91 Å². The van der Waals surface area contributed by atoms with Gasteiger partial charge in [-0.1, -0.05) is 12.1 Å². The fraction of sp³-hybridized carbons (Fsp3) is 0.562. The van der Waals surface area contributed by atoms with Gasteiger partial charge in [-0.15, -0.1) is 0 Å². The monoisotopic (exact) mass is 279 g/mol. The lowest BCUT2D eigenvalue weighted by Gasteiger charge is -2.24. The minimum atomic E-state index is -0.636. The molecule has 0 fully saturated rings. The van der Waals surface area contributed by atoms with Crippen molar-refractivity contribution >= 4 is 5.91 Å². The SMILES string of the molecule is Cc1ccc(C(C)O)c(OC(C)C(=O)NC(C)(C)C)c1. The number of carbonyl (C=O) groups is 1. The summed E-state index contributed by atoms with van der Waals surface area (Å²) in [6.45, 7) is 11.1. The van der Waals surface area contributed by atoms with Crippen LogP contribution in [0.2, 0.25) is 0 Å². The highest BCUT2D eigenvalue weighted by Gasteiger charge is 2.22. The first kappa shape index (κ1) is 16.5. The van der Waals surface area contributed by atoms with Crippen molar-refractivity contribution in [1.29, 1.82) is 0 Å². The maximum absolute atomic E-state index is 12.0. The molecule has 0 aliphatic heterocycles. The van der Waals surface area contributed by atoms with Gasteiger partial charge in [0.05, 0.1) is 6.10 Å². The van der Waals surface area contributed by atoms with E-state index in [1.807, 2.05) is 45.9 Å². The molecular weight excluding hydrogens is 254 g/mol. The van der Waals surface area contributed by atoms with Crippen LogP contribution < -0.4 is 10.1 Å². The zero-order chi connectivity index (χ0) is 15.5. The molecule has 0 aromatic heterocycles. The Morgan fingerprint density at radius 2 is 1.90 bits per heavy atom. The smallest absolute Gasteiger partial charge is 0.261 e. The molecular formula is C16H25NO3. The minimum absolute atomic E-state index is 0.171. The molecule has 0 heterocycles. The first-order valence-electron chi connectivity index (χ1n) is 6.87.